The van der Waals surface area contributed by atoms with Crippen LogP contribution in [0, 0.1) is 0 Å². The van der Waals surface area contributed by atoms with Crippen LogP contribution >= 0.6 is 11.3 Å². The van der Waals surface area contributed by atoms with Crippen molar-refractivity contribution in [3.05, 3.63) is 11.1 Å². The van der Waals surface area contributed by atoms with Gasteiger partial charge in [0.1, 0.15) is 6.04 Å². The minimum absolute atomic E-state index is 0.0712. The number of thiazole rings is 1. The first kappa shape index (κ1) is 12.4. The first-order valence-electron chi connectivity index (χ1n) is 4.60. The van der Waals surface area contributed by atoms with Crippen LogP contribution < -0.4 is 5.73 Å². The second kappa shape index (κ2) is 4.93. The fraction of sp³-hybridized carbons (Fsp3) is 0.444. The average Bonchev–Trinajstić information content (AvgIpc) is 2.61. The van der Waals surface area contributed by atoms with Crippen LogP contribution in [0.1, 0.15) is 12.6 Å². The summed E-state index contributed by atoms with van der Waals surface area (Å²) in [7, 11) is 1.46. The number of amides is 1. The minimum Gasteiger partial charge on any atom is -0.480 e. The molecular formula is C9H13N3O3S. The molecule has 0 aliphatic rings. The van der Waals surface area contributed by atoms with Gasteiger partial charge in [-0.05, 0) is 6.92 Å². The first-order valence-corrected chi connectivity index (χ1v) is 5.48. The van der Waals surface area contributed by atoms with E-state index in [1.54, 1.807) is 5.38 Å². The van der Waals surface area contributed by atoms with Crippen molar-refractivity contribution in [2.24, 2.45) is 0 Å². The van der Waals surface area contributed by atoms with Crippen molar-refractivity contribution in [1.82, 2.24) is 9.88 Å². The standard InChI is InChI=1S/C9H13N3O3S/c1-5(8(14)15)12(2)7(13)3-6-4-16-9(10)11-6/h4-5H,3H2,1-2H3,(H2,10,11)(H,14,15). The maximum absolute atomic E-state index is 11.7. The fourth-order valence-corrected chi connectivity index (χ4v) is 1.63. The van der Waals surface area contributed by atoms with Crippen LogP contribution in [-0.4, -0.2) is 40.0 Å². The maximum atomic E-state index is 11.7. The number of aromatic nitrogens is 1. The molecule has 1 atom stereocenters. The normalized spacial score (nSPS) is 12.1. The smallest absolute Gasteiger partial charge is 0.326 e. The van der Waals surface area contributed by atoms with Crippen molar-refractivity contribution in [2.75, 3.05) is 12.8 Å². The van der Waals surface area contributed by atoms with E-state index in [1.165, 1.54) is 30.2 Å². The summed E-state index contributed by atoms with van der Waals surface area (Å²) in [4.78, 5) is 27.4. The lowest BCUT2D eigenvalue weighted by Crippen LogP contribution is -2.41. The zero-order valence-electron chi connectivity index (χ0n) is 9.01. The second-order valence-corrected chi connectivity index (χ2v) is 4.26. The summed E-state index contributed by atoms with van der Waals surface area (Å²) in [5, 5.41) is 10.8. The molecule has 6 nitrogen and oxygen atoms in total. The van der Waals surface area contributed by atoms with Gasteiger partial charge in [0.2, 0.25) is 5.91 Å². The van der Waals surface area contributed by atoms with Crippen LogP contribution in [0.5, 0.6) is 0 Å². The van der Waals surface area contributed by atoms with Gasteiger partial charge >= 0.3 is 5.97 Å². The molecule has 1 unspecified atom stereocenters. The number of aliphatic carboxylic acids is 1. The molecule has 0 fully saturated rings. The number of carbonyl (C=O) groups is 2. The summed E-state index contributed by atoms with van der Waals surface area (Å²) in [6, 6.07) is -0.844. The van der Waals surface area contributed by atoms with E-state index in [2.05, 4.69) is 4.98 Å². The highest BCUT2D eigenvalue weighted by atomic mass is 32.1. The zero-order valence-corrected chi connectivity index (χ0v) is 9.82. The molecule has 1 rings (SSSR count). The summed E-state index contributed by atoms with van der Waals surface area (Å²) >= 11 is 1.25. The summed E-state index contributed by atoms with van der Waals surface area (Å²) in [5.74, 6) is -1.33. The SMILES string of the molecule is CC(C(=O)O)N(C)C(=O)Cc1csc(N)n1. The summed E-state index contributed by atoms with van der Waals surface area (Å²) in [6.45, 7) is 1.45. The topological polar surface area (TPSA) is 96.5 Å². The van der Waals surface area contributed by atoms with Gasteiger partial charge in [0.15, 0.2) is 5.13 Å². The summed E-state index contributed by atoms with van der Waals surface area (Å²) in [5.41, 5.74) is 5.99. The first-order chi connectivity index (χ1) is 7.41. The quantitative estimate of drug-likeness (QED) is 0.787. The van der Waals surface area contributed by atoms with Crippen LogP contribution in [0.3, 0.4) is 0 Å². The summed E-state index contributed by atoms with van der Waals surface area (Å²) in [6.07, 6.45) is 0.0712. The number of likely N-dealkylation sites (N-methyl/N-ethyl adjacent to an activating group) is 1. The molecule has 0 spiro atoms. The Hall–Kier alpha value is -1.63. The third-order valence-electron chi connectivity index (χ3n) is 2.23. The number of carbonyl (C=O) groups excluding carboxylic acids is 1. The Labute approximate surface area is 96.7 Å². The van der Waals surface area contributed by atoms with Crippen molar-refractivity contribution < 1.29 is 14.7 Å². The van der Waals surface area contributed by atoms with E-state index < -0.39 is 12.0 Å². The number of hydrogen-bond acceptors (Lipinski definition) is 5. The fourth-order valence-electron chi connectivity index (χ4n) is 1.07. The number of nitrogen functional groups attached to an aromatic ring is 1. The van der Waals surface area contributed by atoms with Crippen LogP contribution in [0.15, 0.2) is 5.38 Å². The molecule has 0 aromatic carbocycles. The largest absolute Gasteiger partial charge is 0.480 e. The highest BCUT2D eigenvalue weighted by Crippen LogP contribution is 2.12. The number of hydrogen-bond donors (Lipinski definition) is 2. The molecule has 0 aliphatic carbocycles. The number of nitrogens with two attached hydrogens (primary N) is 1. The molecule has 1 amide bonds. The molecular weight excluding hydrogens is 230 g/mol. The predicted octanol–water partition coefficient (Wildman–Crippen LogP) is 0.199. The summed E-state index contributed by atoms with van der Waals surface area (Å²) < 4.78 is 0. The molecule has 7 heteroatoms. The van der Waals surface area contributed by atoms with E-state index in [4.69, 9.17) is 10.8 Å². The molecule has 1 heterocycles. The van der Waals surface area contributed by atoms with Crippen LogP contribution in [-0.2, 0) is 16.0 Å². The number of carboxylic acids is 1. The lowest BCUT2D eigenvalue weighted by atomic mass is 10.2. The molecule has 0 bridgehead atoms. The van der Waals surface area contributed by atoms with E-state index in [0.29, 0.717) is 10.8 Å². The number of rotatable bonds is 4. The van der Waals surface area contributed by atoms with Gasteiger partial charge in [0.05, 0.1) is 12.1 Å². The van der Waals surface area contributed by atoms with E-state index in [0.717, 1.165) is 0 Å². The van der Waals surface area contributed by atoms with Gasteiger partial charge in [-0.3, -0.25) is 4.79 Å². The van der Waals surface area contributed by atoms with E-state index in [1.807, 2.05) is 0 Å². The molecule has 3 N–H and O–H groups in total. The Kier molecular flexibility index (Phi) is 3.83. The Bertz CT molecular complexity index is 404. The molecule has 0 saturated carbocycles. The molecule has 0 aliphatic heterocycles. The van der Waals surface area contributed by atoms with Gasteiger partial charge in [0.25, 0.3) is 0 Å². The highest BCUT2D eigenvalue weighted by molar-refractivity contribution is 7.13. The van der Waals surface area contributed by atoms with Gasteiger partial charge in [-0.1, -0.05) is 0 Å². The van der Waals surface area contributed by atoms with Gasteiger partial charge in [-0.15, -0.1) is 11.3 Å². The molecule has 1 aromatic heterocycles. The lowest BCUT2D eigenvalue weighted by molar-refractivity contribution is -0.148. The Morgan fingerprint density at radius 3 is 2.75 bits per heavy atom. The van der Waals surface area contributed by atoms with Crippen molar-refractivity contribution in [3.63, 3.8) is 0 Å². The number of carboxylic acid groups (broad SMARTS) is 1. The lowest BCUT2D eigenvalue weighted by Gasteiger charge is -2.20. The molecule has 88 valence electrons. The Morgan fingerprint density at radius 1 is 1.69 bits per heavy atom. The number of nitrogens with zero attached hydrogens (tertiary/aromatic N) is 2. The third-order valence-corrected chi connectivity index (χ3v) is 2.96. The van der Waals surface area contributed by atoms with E-state index >= 15 is 0 Å². The van der Waals surface area contributed by atoms with E-state index in [9.17, 15) is 9.59 Å². The Balaban J connectivity index is 2.62. The van der Waals surface area contributed by atoms with Crippen molar-refractivity contribution >= 4 is 28.3 Å². The molecule has 1 aromatic rings. The zero-order chi connectivity index (χ0) is 12.3. The van der Waals surface area contributed by atoms with Gasteiger partial charge in [0, 0.05) is 12.4 Å². The third kappa shape index (κ3) is 2.93. The molecule has 0 saturated heterocycles. The van der Waals surface area contributed by atoms with Crippen molar-refractivity contribution in [2.45, 2.75) is 19.4 Å². The maximum Gasteiger partial charge on any atom is 0.326 e. The molecule has 16 heavy (non-hydrogen) atoms. The van der Waals surface area contributed by atoms with Gasteiger partial charge in [-0.2, -0.15) is 0 Å². The molecule has 0 radical (unpaired) electrons. The monoisotopic (exact) mass is 243 g/mol. The Morgan fingerprint density at radius 2 is 2.31 bits per heavy atom. The van der Waals surface area contributed by atoms with Crippen molar-refractivity contribution in [1.29, 1.82) is 0 Å². The van der Waals surface area contributed by atoms with E-state index in [-0.39, 0.29) is 12.3 Å². The highest BCUT2D eigenvalue weighted by Gasteiger charge is 2.22. The second-order valence-electron chi connectivity index (χ2n) is 3.37. The van der Waals surface area contributed by atoms with Crippen molar-refractivity contribution in [3.8, 4) is 0 Å². The van der Waals surface area contributed by atoms with Crippen LogP contribution in [0.4, 0.5) is 5.13 Å². The van der Waals surface area contributed by atoms with Gasteiger partial charge in [-0.25, -0.2) is 9.78 Å². The average molecular weight is 243 g/mol. The number of anilines is 1. The van der Waals surface area contributed by atoms with Crippen LogP contribution in [0.25, 0.3) is 0 Å². The predicted molar refractivity (Wildman–Crippen MR) is 60.1 cm³/mol. The van der Waals surface area contributed by atoms with Crippen LogP contribution in [0.2, 0.25) is 0 Å². The minimum atomic E-state index is -1.03. The van der Waals surface area contributed by atoms with Gasteiger partial charge < -0.3 is 15.7 Å².